The van der Waals surface area contributed by atoms with Gasteiger partial charge in [0.25, 0.3) is 5.91 Å². The fourth-order valence-corrected chi connectivity index (χ4v) is 4.79. The van der Waals surface area contributed by atoms with E-state index in [9.17, 15) is 4.79 Å². The average molecular weight is 478 g/mol. The maximum absolute atomic E-state index is 13.3. The third kappa shape index (κ3) is 4.12. The van der Waals surface area contributed by atoms with Crippen molar-refractivity contribution in [2.75, 3.05) is 12.9 Å². The third-order valence-electron chi connectivity index (χ3n) is 5.55. The molecule has 0 radical (unpaired) electrons. The van der Waals surface area contributed by atoms with Crippen molar-refractivity contribution in [3.63, 3.8) is 0 Å². The van der Waals surface area contributed by atoms with Gasteiger partial charge in [-0.3, -0.25) is 4.79 Å². The molecule has 1 unspecified atom stereocenters. The lowest BCUT2D eigenvalue weighted by Crippen LogP contribution is -2.28. The van der Waals surface area contributed by atoms with Gasteiger partial charge in [-0.2, -0.15) is 5.10 Å². The van der Waals surface area contributed by atoms with Crippen LogP contribution in [0.5, 0.6) is 5.75 Å². The molecular formula is C24H23N5O4S. The lowest BCUT2D eigenvalue weighted by molar-refractivity contribution is -0.130. The summed E-state index contributed by atoms with van der Waals surface area (Å²) in [5, 5.41) is 15.4. The second-order valence-electron chi connectivity index (χ2n) is 7.54. The molecule has 0 saturated heterocycles. The number of para-hydroxylation sites is 1. The Kier molecular flexibility index (Phi) is 6.22. The van der Waals surface area contributed by atoms with Gasteiger partial charge in [0, 0.05) is 13.0 Å². The highest BCUT2D eigenvalue weighted by molar-refractivity contribution is 7.99. The first-order valence-corrected chi connectivity index (χ1v) is 11.8. The normalized spacial score (nSPS) is 15.5. The number of hydrogen-bond acceptors (Lipinski definition) is 8. The Morgan fingerprint density at radius 2 is 1.94 bits per heavy atom. The van der Waals surface area contributed by atoms with Gasteiger partial charge in [-0.05, 0) is 43.3 Å². The highest BCUT2D eigenvalue weighted by Gasteiger charge is 2.35. The fraction of sp³-hybridized carbons (Fsp3) is 0.250. The average Bonchev–Trinajstić information content (AvgIpc) is 3.68. The molecule has 1 atom stereocenters. The van der Waals surface area contributed by atoms with Crippen LogP contribution in [0.2, 0.25) is 0 Å². The lowest BCUT2D eigenvalue weighted by atomic mass is 10.1. The second kappa shape index (κ2) is 9.60. The molecule has 1 amide bonds. The van der Waals surface area contributed by atoms with Crippen LogP contribution in [-0.4, -0.2) is 44.3 Å². The third-order valence-corrected chi connectivity index (χ3v) is 6.50. The van der Waals surface area contributed by atoms with E-state index in [2.05, 4.69) is 15.3 Å². The molecule has 0 aliphatic carbocycles. The summed E-state index contributed by atoms with van der Waals surface area (Å²) < 4.78 is 18.5. The van der Waals surface area contributed by atoms with Gasteiger partial charge in [-0.15, -0.1) is 10.2 Å². The minimum absolute atomic E-state index is 0.149. The molecule has 0 saturated carbocycles. The van der Waals surface area contributed by atoms with Gasteiger partial charge in [-0.25, -0.2) is 5.01 Å². The highest BCUT2D eigenvalue weighted by Crippen LogP contribution is 2.35. The Bertz CT molecular complexity index is 1300. The summed E-state index contributed by atoms with van der Waals surface area (Å²) in [6, 6.07) is 14.6. The number of amides is 1. The molecule has 10 heteroatoms. The zero-order chi connectivity index (χ0) is 23.5. The van der Waals surface area contributed by atoms with Crippen molar-refractivity contribution in [3.8, 4) is 17.1 Å². The number of benzene rings is 1. The first-order valence-electron chi connectivity index (χ1n) is 10.9. The van der Waals surface area contributed by atoms with Gasteiger partial charge in [0.15, 0.2) is 11.0 Å². The maximum Gasteiger partial charge on any atom is 0.253 e. The number of methoxy groups -OCH3 is 1. The second-order valence-corrected chi connectivity index (χ2v) is 8.48. The summed E-state index contributed by atoms with van der Waals surface area (Å²) in [6.07, 6.45) is 3.71. The van der Waals surface area contributed by atoms with Crippen molar-refractivity contribution in [2.24, 2.45) is 5.10 Å². The summed E-state index contributed by atoms with van der Waals surface area (Å²) >= 11 is 1.33. The number of furan rings is 2. The van der Waals surface area contributed by atoms with E-state index in [-0.39, 0.29) is 17.7 Å². The molecule has 1 aliphatic rings. The molecule has 3 aromatic heterocycles. The topological polar surface area (TPSA) is 98.9 Å². The standard InChI is InChI=1S/C24H23N5O4S/c1-3-28-23(16-8-4-5-9-19(16)31-2)25-26-24(28)34-15-22(30)29-18(21-11-7-13-33-21)14-17(27-29)20-10-6-12-32-20/h4-13,18H,3,14-15H2,1-2H3. The zero-order valence-electron chi connectivity index (χ0n) is 18.7. The van der Waals surface area contributed by atoms with Gasteiger partial charge >= 0.3 is 0 Å². The molecule has 1 aliphatic heterocycles. The van der Waals surface area contributed by atoms with E-state index in [1.807, 2.05) is 47.9 Å². The Morgan fingerprint density at radius 1 is 1.12 bits per heavy atom. The van der Waals surface area contributed by atoms with Gasteiger partial charge in [0.05, 0.1) is 31.0 Å². The van der Waals surface area contributed by atoms with E-state index in [4.69, 9.17) is 13.6 Å². The summed E-state index contributed by atoms with van der Waals surface area (Å²) in [7, 11) is 1.63. The minimum Gasteiger partial charge on any atom is -0.496 e. The van der Waals surface area contributed by atoms with E-state index < -0.39 is 0 Å². The molecule has 34 heavy (non-hydrogen) atoms. The quantitative estimate of drug-likeness (QED) is 0.341. The maximum atomic E-state index is 13.3. The smallest absolute Gasteiger partial charge is 0.253 e. The van der Waals surface area contributed by atoms with Crippen LogP contribution in [0.3, 0.4) is 0 Å². The molecule has 4 heterocycles. The van der Waals surface area contributed by atoms with Crippen LogP contribution >= 0.6 is 11.8 Å². The number of ether oxygens (including phenoxy) is 1. The molecule has 1 aromatic carbocycles. The number of nitrogens with zero attached hydrogens (tertiary/aromatic N) is 5. The number of carbonyl (C=O) groups is 1. The van der Waals surface area contributed by atoms with Gasteiger partial charge < -0.3 is 18.1 Å². The van der Waals surface area contributed by atoms with Crippen molar-refractivity contribution in [2.45, 2.75) is 31.1 Å². The van der Waals surface area contributed by atoms with Crippen LogP contribution in [0, 0.1) is 0 Å². The number of hydrazone groups is 1. The largest absolute Gasteiger partial charge is 0.496 e. The summed E-state index contributed by atoms with van der Waals surface area (Å²) in [5.74, 6) is 2.73. The Morgan fingerprint density at radius 3 is 2.68 bits per heavy atom. The van der Waals surface area contributed by atoms with Crippen molar-refractivity contribution in [3.05, 3.63) is 72.6 Å². The molecule has 174 valence electrons. The summed E-state index contributed by atoms with van der Waals surface area (Å²) in [6.45, 7) is 2.66. The predicted octanol–water partition coefficient (Wildman–Crippen LogP) is 4.63. The van der Waals surface area contributed by atoms with E-state index in [1.54, 1.807) is 31.8 Å². The van der Waals surface area contributed by atoms with Crippen LogP contribution in [0.15, 0.2) is 80.1 Å². The minimum atomic E-state index is -0.323. The van der Waals surface area contributed by atoms with Crippen LogP contribution in [-0.2, 0) is 11.3 Å². The number of hydrogen-bond donors (Lipinski definition) is 0. The molecule has 4 aromatic rings. The Balaban J connectivity index is 1.36. The fourth-order valence-electron chi connectivity index (χ4n) is 3.94. The van der Waals surface area contributed by atoms with E-state index in [0.29, 0.717) is 41.2 Å². The van der Waals surface area contributed by atoms with Crippen molar-refractivity contribution < 1.29 is 18.4 Å². The van der Waals surface area contributed by atoms with Crippen LogP contribution in [0.1, 0.15) is 30.9 Å². The molecule has 9 nitrogen and oxygen atoms in total. The number of aromatic nitrogens is 3. The van der Waals surface area contributed by atoms with Crippen molar-refractivity contribution in [1.29, 1.82) is 0 Å². The van der Waals surface area contributed by atoms with Gasteiger partial charge in [-0.1, -0.05) is 23.9 Å². The Labute approximate surface area is 200 Å². The van der Waals surface area contributed by atoms with Crippen LogP contribution < -0.4 is 4.74 Å². The van der Waals surface area contributed by atoms with Crippen LogP contribution in [0.4, 0.5) is 0 Å². The first kappa shape index (κ1) is 22.0. The molecule has 0 bridgehead atoms. The number of thioether (sulfide) groups is 1. The zero-order valence-corrected chi connectivity index (χ0v) is 19.6. The van der Waals surface area contributed by atoms with Crippen molar-refractivity contribution in [1.82, 2.24) is 19.8 Å². The van der Waals surface area contributed by atoms with Gasteiger partial charge in [0.2, 0.25) is 0 Å². The lowest BCUT2D eigenvalue weighted by Gasteiger charge is -2.19. The van der Waals surface area contributed by atoms with Crippen LogP contribution in [0.25, 0.3) is 11.4 Å². The number of rotatable bonds is 8. The van der Waals surface area contributed by atoms with E-state index in [0.717, 1.165) is 11.3 Å². The number of carbonyl (C=O) groups excluding carboxylic acids is 1. The van der Waals surface area contributed by atoms with Gasteiger partial charge in [0.1, 0.15) is 29.0 Å². The molecule has 0 fully saturated rings. The predicted molar refractivity (Wildman–Crippen MR) is 127 cm³/mol. The highest BCUT2D eigenvalue weighted by atomic mass is 32.2. The van der Waals surface area contributed by atoms with E-state index in [1.165, 1.54) is 16.8 Å². The van der Waals surface area contributed by atoms with E-state index >= 15 is 0 Å². The molecule has 5 rings (SSSR count). The molecule has 0 spiro atoms. The molecular weight excluding hydrogens is 454 g/mol. The monoisotopic (exact) mass is 477 g/mol. The summed E-state index contributed by atoms with van der Waals surface area (Å²) in [5.41, 5.74) is 1.56. The first-order chi connectivity index (χ1) is 16.7. The molecule has 0 N–H and O–H groups in total. The van der Waals surface area contributed by atoms with Crippen molar-refractivity contribution >= 4 is 23.4 Å². The SMILES string of the molecule is CCn1c(SCC(=O)N2N=C(c3ccco3)CC2c2ccco2)nnc1-c1ccccc1OC. The summed E-state index contributed by atoms with van der Waals surface area (Å²) in [4.78, 5) is 13.3. The Hall–Kier alpha value is -3.79.